The Balaban J connectivity index is 2.43. The number of hydrogen-bond acceptors (Lipinski definition) is 6. The molecule has 0 fully saturated rings. The van der Waals surface area contributed by atoms with Crippen molar-refractivity contribution in [3.63, 3.8) is 0 Å². The van der Waals surface area contributed by atoms with E-state index >= 15 is 0 Å². The second-order valence-electron chi connectivity index (χ2n) is 6.06. The lowest BCUT2D eigenvalue weighted by Gasteiger charge is -2.11. The molecule has 0 spiro atoms. The SMILES string of the molecule is C/C(=N/Nc1ccc(S(N)(=O)=O)cc1[N+](=O)[O-])c1c(C)cc(C)cc1C. The lowest BCUT2D eigenvalue weighted by Crippen LogP contribution is -2.12. The maximum atomic E-state index is 11.4. The van der Waals surface area contributed by atoms with Gasteiger partial charge in [0.1, 0.15) is 5.69 Å². The Kier molecular flexibility index (Phi) is 5.43. The van der Waals surface area contributed by atoms with Gasteiger partial charge in [0.05, 0.1) is 15.5 Å². The minimum Gasteiger partial charge on any atom is -0.271 e. The van der Waals surface area contributed by atoms with Crippen molar-refractivity contribution in [2.24, 2.45) is 10.2 Å². The summed E-state index contributed by atoms with van der Waals surface area (Å²) in [4.78, 5) is 10.2. The summed E-state index contributed by atoms with van der Waals surface area (Å²) in [5.74, 6) is 0. The van der Waals surface area contributed by atoms with E-state index in [0.717, 1.165) is 28.3 Å². The van der Waals surface area contributed by atoms with Crippen molar-refractivity contribution in [2.45, 2.75) is 32.6 Å². The number of nitrogens with zero attached hydrogens (tertiary/aromatic N) is 2. The first-order chi connectivity index (χ1) is 12.0. The second-order valence-corrected chi connectivity index (χ2v) is 7.63. The normalized spacial score (nSPS) is 12.1. The molecule has 2 aromatic rings. The molecule has 0 aliphatic rings. The predicted octanol–water partition coefficient (Wildman–Crippen LogP) is 3.00. The van der Waals surface area contributed by atoms with E-state index in [4.69, 9.17) is 5.14 Å². The van der Waals surface area contributed by atoms with Crippen LogP contribution in [-0.4, -0.2) is 19.1 Å². The number of hydrazone groups is 1. The molecule has 0 atom stereocenters. The van der Waals surface area contributed by atoms with Crippen molar-refractivity contribution < 1.29 is 13.3 Å². The van der Waals surface area contributed by atoms with Crippen LogP contribution in [0.25, 0.3) is 0 Å². The molecular formula is C17H20N4O4S. The molecule has 2 rings (SSSR count). The van der Waals surface area contributed by atoms with Crippen molar-refractivity contribution in [2.75, 3.05) is 5.43 Å². The number of nitrogens with one attached hydrogen (secondary N) is 1. The predicted molar refractivity (Wildman–Crippen MR) is 101 cm³/mol. The van der Waals surface area contributed by atoms with Crippen LogP contribution < -0.4 is 10.6 Å². The molecule has 0 aromatic heterocycles. The van der Waals surface area contributed by atoms with Gasteiger partial charge in [-0.15, -0.1) is 0 Å². The van der Waals surface area contributed by atoms with Crippen LogP contribution in [0.2, 0.25) is 0 Å². The van der Waals surface area contributed by atoms with Gasteiger partial charge in [-0.25, -0.2) is 13.6 Å². The fourth-order valence-corrected chi connectivity index (χ4v) is 3.42. The molecule has 8 nitrogen and oxygen atoms in total. The van der Waals surface area contributed by atoms with Gasteiger partial charge in [0.2, 0.25) is 10.0 Å². The molecule has 0 saturated carbocycles. The Morgan fingerprint density at radius 3 is 2.23 bits per heavy atom. The molecular weight excluding hydrogens is 356 g/mol. The number of primary sulfonamides is 1. The molecule has 3 N–H and O–H groups in total. The quantitative estimate of drug-likeness (QED) is 0.471. The topological polar surface area (TPSA) is 128 Å². The fraction of sp³-hybridized carbons (Fsp3) is 0.235. The monoisotopic (exact) mass is 376 g/mol. The van der Waals surface area contributed by atoms with Crippen molar-refractivity contribution in [1.82, 2.24) is 0 Å². The highest BCUT2D eigenvalue weighted by Crippen LogP contribution is 2.27. The lowest BCUT2D eigenvalue weighted by molar-refractivity contribution is -0.384. The number of nitrogens with two attached hydrogens (primary N) is 1. The van der Waals surface area contributed by atoms with Crippen LogP contribution in [-0.2, 0) is 10.0 Å². The zero-order valence-electron chi connectivity index (χ0n) is 14.9. The van der Waals surface area contributed by atoms with E-state index in [2.05, 4.69) is 10.5 Å². The van der Waals surface area contributed by atoms with Crippen LogP contribution in [0.3, 0.4) is 0 Å². The van der Waals surface area contributed by atoms with E-state index in [-0.39, 0.29) is 10.6 Å². The number of sulfonamides is 1. The third-order valence-electron chi connectivity index (χ3n) is 3.88. The lowest BCUT2D eigenvalue weighted by atomic mass is 9.97. The Bertz CT molecular complexity index is 990. The fourth-order valence-electron chi connectivity index (χ4n) is 2.88. The molecule has 0 amide bonds. The van der Waals surface area contributed by atoms with Gasteiger partial charge in [0.25, 0.3) is 5.69 Å². The molecule has 0 aliphatic carbocycles. The number of nitro groups is 1. The molecule has 0 aliphatic heterocycles. The van der Waals surface area contributed by atoms with Gasteiger partial charge >= 0.3 is 0 Å². The first-order valence-corrected chi connectivity index (χ1v) is 9.25. The van der Waals surface area contributed by atoms with Gasteiger partial charge in [0.15, 0.2) is 0 Å². The summed E-state index contributed by atoms with van der Waals surface area (Å²) in [7, 11) is -4.03. The third kappa shape index (κ3) is 4.24. The minimum atomic E-state index is -4.03. The Hall–Kier alpha value is -2.78. The summed E-state index contributed by atoms with van der Waals surface area (Å²) in [6.45, 7) is 7.74. The first kappa shape index (κ1) is 19.5. The van der Waals surface area contributed by atoms with Gasteiger partial charge in [-0.1, -0.05) is 17.7 Å². The van der Waals surface area contributed by atoms with E-state index in [0.29, 0.717) is 5.71 Å². The zero-order chi connectivity index (χ0) is 19.6. The zero-order valence-corrected chi connectivity index (χ0v) is 15.7. The maximum absolute atomic E-state index is 11.4. The number of benzene rings is 2. The molecule has 26 heavy (non-hydrogen) atoms. The van der Waals surface area contributed by atoms with Gasteiger partial charge < -0.3 is 0 Å². The highest BCUT2D eigenvalue weighted by Gasteiger charge is 2.19. The Morgan fingerprint density at radius 1 is 1.15 bits per heavy atom. The summed E-state index contributed by atoms with van der Waals surface area (Å²) >= 11 is 0. The molecule has 0 heterocycles. The molecule has 138 valence electrons. The summed E-state index contributed by atoms with van der Waals surface area (Å²) < 4.78 is 22.8. The number of nitro benzene ring substituents is 1. The smallest absolute Gasteiger partial charge is 0.271 e. The molecule has 0 saturated heterocycles. The number of rotatable bonds is 5. The van der Waals surface area contributed by atoms with E-state index in [9.17, 15) is 18.5 Å². The standard InChI is InChI=1S/C17H20N4O4S/c1-10-7-11(2)17(12(3)8-10)13(4)19-20-15-6-5-14(26(18,24)25)9-16(15)21(22)23/h5-9,20H,1-4H3,(H2,18,24,25)/b19-13-. The summed E-state index contributed by atoms with van der Waals surface area (Å²) in [5, 5.41) is 20.5. The molecule has 0 unspecified atom stereocenters. The van der Waals surface area contributed by atoms with Gasteiger partial charge in [-0.2, -0.15) is 5.10 Å². The van der Waals surface area contributed by atoms with E-state index < -0.39 is 20.6 Å². The summed E-state index contributed by atoms with van der Waals surface area (Å²) in [5.41, 5.74) is 7.14. The van der Waals surface area contributed by atoms with Crippen LogP contribution in [0.4, 0.5) is 11.4 Å². The van der Waals surface area contributed by atoms with Crippen LogP contribution in [0.1, 0.15) is 29.2 Å². The van der Waals surface area contributed by atoms with Crippen LogP contribution in [0.5, 0.6) is 0 Å². The van der Waals surface area contributed by atoms with Crippen LogP contribution >= 0.6 is 0 Å². The average molecular weight is 376 g/mol. The average Bonchev–Trinajstić information content (AvgIpc) is 2.50. The van der Waals surface area contributed by atoms with E-state index in [1.54, 1.807) is 6.92 Å². The van der Waals surface area contributed by atoms with Crippen molar-refractivity contribution in [1.29, 1.82) is 0 Å². The number of anilines is 1. The van der Waals surface area contributed by atoms with Gasteiger partial charge in [0, 0.05) is 11.6 Å². The van der Waals surface area contributed by atoms with Crippen molar-refractivity contribution in [3.05, 3.63) is 62.7 Å². The third-order valence-corrected chi connectivity index (χ3v) is 4.79. The van der Waals surface area contributed by atoms with Crippen molar-refractivity contribution in [3.8, 4) is 0 Å². The van der Waals surface area contributed by atoms with Crippen molar-refractivity contribution >= 4 is 27.1 Å². The Labute approximate surface area is 151 Å². The Morgan fingerprint density at radius 2 is 1.73 bits per heavy atom. The molecule has 0 bridgehead atoms. The number of hydrogen-bond donors (Lipinski definition) is 2. The molecule has 0 radical (unpaired) electrons. The van der Waals surface area contributed by atoms with E-state index in [1.165, 1.54) is 12.1 Å². The summed E-state index contributed by atoms with van der Waals surface area (Å²) in [6.07, 6.45) is 0. The van der Waals surface area contributed by atoms with Crippen LogP contribution in [0, 0.1) is 30.9 Å². The maximum Gasteiger partial charge on any atom is 0.295 e. The van der Waals surface area contributed by atoms with Gasteiger partial charge in [-0.3, -0.25) is 15.5 Å². The second kappa shape index (κ2) is 7.22. The molecule has 9 heteroatoms. The highest BCUT2D eigenvalue weighted by atomic mass is 32.2. The van der Waals surface area contributed by atoms with Gasteiger partial charge in [-0.05, 0) is 51.0 Å². The summed E-state index contributed by atoms with van der Waals surface area (Å²) in [6, 6.07) is 7.43. The first-order valence-electron chi connectivity index (χ1n) is 7.70. The van der Waals surface area contributed by atoms with Crippen LogP contribution in [0.15, 0.2) is 40.3 Å². The number of aryl methyl sites for hydroxylation is 3. The highest BCUT2D eigenvalue weighted by molar-refractivity contribution is 7.89. The van der Waals surface area contributed by atoms with E-state index in [1.807, 2.05) is 32.9 Å². The molecule has 2 aromatic carbocycles. The minimum absolute atomic E-state index is 0.0733. The largest absolute Gasteiger partial charge is 0.295 e.